The number of benzene rings is 2. The predicted octanol–water partition coefficient (Wildman–Crippen LogP) is 4.66. The number of thiocarbonyl (C=S) groups is 1. The molecule has 2 aromatic carbocycles. The SMILES string of the molecule is COc1ccc(C)cc1NC(=S)N1CCC(Cc2ccccc2)CC1. The summed E-state index contributed by atoms with van der Waals surface area (Å²) in [4.78, 5) is 2.28. The molecule has 0 saturated carbocycles. The molecule has 0 aliphatic carbocycles. The Morgan fingerprint density at radius 2 is 1.88 bits per heavy atom. The monoisotopic (exact) mass is 354 g/mol. The number of hydrogen-bond acceptors (Lipinski definition) is 2. The molecule has 1 heterocycles. The van der Waals surface area contributed by atoms with Crippen molar-refractivity contribution >= 4 is 23.0 Å². The quantitative estimate of drug-likeness (QED) is 0.808. The molecule has 25 heavy (non-hydrogen) atoms. The highest BCUT2D eigenvalue weighted by Crippen LogP contribution is 2.27. The van der Waals surface area contributed by atoms with E-state index in [1.54, 1.807) is 7.11 Å². The van der Waals surface area contributed by atoms with Gasteiger partial charge in [0.25, 0.3) is 0 Å². The van der Waals surface area contributed by atoms with E-state index in [9.17, 15) is 0 Å². The third kappa shape index (κ3) is 4.73. The number of likely N-dealkylation sites (tertiary alicyclic amines) is 1. The van der Waals surface area contributed by atoms with Gasteiger partial charge in [-0.3, -0.25) is 0 Å². The number of anilines is 1. The lowest BCUT2D eigenvalue weighted by molar-refractivity contribution is 0.268. The topological polar surface area (TPSA) is 24.5 Å². The standard InChI is InChI=1S/C21H26N2OS/c1-16-8-9-20(24-2)19(14-16)22-21(25)23-12-10-18(11-13-23)15-17-6-4-3-5-7-17/h3-9,14,18H,10-13,15H2,1-2H3,(H,22,25). The Labute approximate surface area is 156 Å². The molecule has 4 heteroatoms. The second kappa shape index (κ2) is 8.34. The van der Waals surface area contributed by atoms with E-state index in [-0.39, 0.29) is 0 Å². The second-order valence-corrected chi connectivity index (χ2v) is 7.14. The Morgan fingerprint density at radius 1 is 1.16 bits per heavy atom. The number of nitrogens with one attached hydrogen (secondary N) is 1. The van der Waals surface area contributed by atoms with Gasteiger partial charge in [-0.05, 0) is 67.6 Å². The van der Waals surface area contributed by atoms with Crippen molar-refractivity contribution in [2.75, 3.05) is 25.5 Å². The molecular formula is C21H26N2OS. The molecule has 1 saturated heterocycles. The molecular weight excluding hydrogens is 328 g/mol. The van der Waals surface area contributed by atoms with Crippen LogP contribution in [-0.4, -0.2) is 30.2 Å². The van der Waals surface area contributed by atoms with Crippen molar-refractivity contribution in [2.45, 2.75) is 26.2 Å². The smallest absolute Gasteiger partial charge is 0.173 e. The zero-order chi connectivity index (χ0) is 17.6. The van der Waals surface area contributed by atoms with Gasteiger partial charge < -0.3 is 15.0 Å². The Kier molecular flexibility index (Phi) is 5.92. The summed E-state index contributed by atoms with van der Waals surface area (Å²) in [6, 6.07) is 16.9. The van der Waals surface area contributed by atoms with E-state index in [1.165, 1.54) is 30.4 Å². The van der Waals surface area contributed by atoms with Crippen molar-refractivity contribution in [1.82, 2.24) is 4.90 Å². The zero-order valence-corrected chi connectivity index (χ0v) is 15.8. The van der Waals surface area contributed by atoms with Gasteiger partial charge in [-0.25, -0.2) is 0 Å². The first-order valence-electron chi connectivity index (χ1n) is 8.90. The molecule has 1 N–H and O–H groups in total. The van der Waals surface area contributed by atoms with E-state index in [4.69, 9.17) is 17.0 Å². The molecule has 3 nitrogen and oxygen atoms in total. The van der Waals surface area contributed by atoms with Crippen LogP contribution in [0, 0.1) is 12.8 Å². The highest BCUT2D eigenvalue weighted by Gasteiger charge is 2.21. The summed E-state index contributed by atoms with van der Waals surface area (Å²) in [7, 11) is 1.69. The van der Waals surface area contributed by atoms with Gasteiger partial charge in [0.05, 0.1) is 12.8 Å². The third-order valence-corrected chi connectivity index (χ3v) is 5.23. The summed E-state index contributed by atoms with van der Waals surface area (Å²) in [6.07, 6.45) is 3.53. The van der Waals surface area contributed by atoms with E-state index < -0.39 is 0 Å². The van der Waals surface area contributed by atoms with Crippen molar-refractivity contribution in [3.63, 3.8) is 0 Å². The van der Waals surface area contributed by atoms with Crippen LogP contribution in [-0.2, 0) is 6.42 Å². The van der Waals surface area contributed by atoms with Crippen LogP contribution in [0.5, 0.6) is 5.75 Å². The Balaban J connectivity index is 1.54. The zero-order valence-electron chi connectivity index (χ0n) is 15.0. The fourth-order valence-corrected chi connectivity index (χ4v) is 3.69. The van der Waals surface area contributed by atoms with Crippen LogP contribution < -0.4 is 10.1 Å². The van der Waals surface area contributed by atoms with Gasteiger partial charge in [-0.15, -0.1) is 0 Å². The van der Waals surface area contributed by atoms with Gasteiger partial charge in [0.1, 0.15) is 5.75 Å². The van der Waals surface area contributed by atoms with E-state index >= 15 is 0 Å². The van der Waals surface area contributed by atoms with Crippen LogP contribution in [0.2, 0.25) is 0 Å². The molecule has 2 aromatic rings. The first kappa shape index (κ1) is 17.7. The van der Waals surface area contributed by atoms with Gasteiger partial charge in [-0.2, -0.15) is 0 Å². The largest absolute Gasteiger partial charge is 0.495 e. The number of methoxy groups -OCH3 is 1. The lowest BCUT2D eigenvalue weighted by Gasteiger charge is -2.34. The Morgan fingerprint density at radius 3 is 2.56 bits per heavy atom. The van der Waals surface area contributed by atoms with Crippen LogP contribution in [0.1, 0.15) is 24.0 Å². The second-order valence-electron chi connectivity index (χ2n) is 6.75. The number of rotatable bonds is 4. The number of aryl methyl sites for hydroxylation is 1. The molecule has 1 fully saturated rings. The number of ether oxygens (including phenoxy) is 1. The summed E-state index contributed by atoms with van der Waals surface area (Å²) >= 11 is 5.63. The van der Waals surface area contributed by atoms with Gasteiger partial charge in [0.15, 0.2) is 5.11 Å². The van der Waals surface area contributed by atoms with Crippen LogP contribution >= 0.6 is 12.2 Å². The highest BCUT2D eigenvalue weighted by atomic mass is 32.1. The third-order valence-electron chi connectivity index (χ3n) is 4.87. The van der Waals surface area contributed by atoms with E-state index in [2.05, 4.69) is 53.5 Å². The lowest BCUT2D eigenvalue weighted by atomic mass is 9.90. The highest BCUT2D eigenvalue weighted by molar-refractivity contribution is 7.80. The molecule has 1 aliphatic rings. The maximum atomic E-state index is 5.63. The molecule has 0 amide bonds. The normalized spacial score (nSPS) is 15.0. The first-order valence-corrected chi connectivity index (χ1v) is 9.31. The Bertz CT molecular complexity index is 709. The minimum atomic E-state index is 0.745. The fourth-order valence-electron chi connectivity index (χ4n) is 3.40. The molecule has 0 bridgehead atoms. The van der Waals surface area contributed by atoms with Crippen molar-refractivity contribution in [3.8, 4) is 5.75 Å². The van der Waals surface area contributed by atoms with Crippen LogP contribution in [0.3, 0.4) is 0 Å². The molecule has 132 valence electrons. The van der Waals surface area contributed by atoms with Gasteiger partial charge in [-0.1, -0.05) is 36.4 Å². The first-order chi connectivity index (χ1) is 12.2. The van der Waals surface area contributed by atoms with Crippen LogP contribution in [0.15, 0.2) is 48.5 Å². The minimum Gasteiger partial charge on any atom is -0.495 e. The predicted molar refractivity (Wildman–Crippen MR) is 108 cm³/mol. The number of piperidine rings is 1. The van der Waals surface area contributed by atoms with Gasteiger partial charge in [0.2, 0.25) is 0 Å². The minimum absolute atomic E-state index is 0.745. The molecule has 0 unspecified atom stereocenters. The van der Waals surface area contributed by atoms with Crippen LogP contribution in [0.25, 0.3) is 0 Å². The summed E-state index contributed by atoms with van der Waals surface area (Å²) < 4.78 is 5.43. The molecule has 0 spiro atoms. The average Bonchev–Trinajstić information content (AvgIpc) is 2.63. The van der Waals surface area contributed by atoms with Crippen molar-refractivity contribution in [3.05, 3.63) is 59.7 Å². The number of hydrogen-bond donors (Lipinski definition) is 1. The average molecular weight is 355 g/mol. The van der Waals surface area contributed by atoms with Crippen molar-refractivity contribution in [2.24, 2.45) is 5.92 Å². The van der Waals surface area contributed by atoms with Gasteiger partial charge >= 0.3 is 0 Å². The summed E-state index contributed by atoms with van der Waals surface area (Å²) in [5.74, 6) is 1.57. The summed E-state index contributed by atoms with van der Waals surface area (Å²) in [5, 5.41) is 4.16. The fraction of sp³-hybridized carbons (Fsp3) is 0.381. The van der Waals surface area contributed by atoms with Crippen LogP contribution in [0.4, 0.5) is 5.69 Å². The number of nitrogens with zero attached hydrogens (tertiary/aromatic N) is 1. The maximum absolute atomic E-state index is 5.63. The van der Waals surface area contributed by atoms with Crippen molar-refractivity contribution in [1.29, 1.82) is 0 Å². The molecule has 1 aliphatic heterocycles. The van der Waals surface area contributed by atoms with E-state index in [0.717, 1.165) is 35.6 Å². The summed E-state index contributed by atoms with van der Waals surface area (Å²) in [5.41, 5.74) is 3.57. The molecule has 3 rings (SSSR count). The Hall–Kier alpha value is -2.07. The molecule has 0 atom stereocenters. The van der Waals surface area contributed by atoms with E-state index in [0.29, 0.717) is 0 Å². The van der Waals surface area contributed by atoms with E-state index in [1.807, 2.05) is 12.1 Å². The molecule has 0 aromatic heterocycles. The lowest BCUT2D eigenvalue weighted by Crippen LogP contribution is -2.41. The molecule has 0 radical (unpaired) electrons. The summed E-state index contributed by atoms with van der Waals surface area (Å²) in [6.45, 7) is 4.09. The maximum Gasteiger partial charge on any atom is 0.173 e. The van der Waals surface area contributed by atoms with Gasteiger partial charge in [0, 0.05) is 13.1 Å². The van der Waals surface area contributed by atoms with Crippen molar-refractivity contribution < 1.29 is 4.74 Å².